The molecule has 14 heteroatoms. The number of amides is 2. The van der Waals surface area contributed by atoms with Crippen molar-refractivity contribution in [2.24, 2.45) is 17.6 Å². The summed E-state index contributed by atoms with van der Waals surface area (Å²) in [5, 5.41) is 7.23. The van der Waals surface area contributed by atoms with Gasteiger partial charge in [-0.05, 0) is 35.1 Å². The molecular formula is C40H34Cl2N6O6. The van der Waals surface area contributed by atoms with Crippen LogP contribution >= 0.6 is 23.2 Å². The molecule has 274 valence electrons. The summed E-state index contributed by atoms with van der Waals surface area (Å²) >= 11 is 13.9. The lowest BCUT2D eigenvalue weighted by atomic mass is 9.72. The van der Waals surface area contributed by atoms with E-state index in [1.165, 1.54) is 0 Å². The molecule has 0 saturated heterocycles. The van der Waals surface area contributed by atoms with E-state index in [1.54, 1.807) is 0 Å². The molecule has 0 aliphatic carbocycles. The number of nitrogens with one attached hydrogen (secondary N) is 3. The number of oxazole rings is 2. The molecule has 0 fully saturated rings. The second-order valence-electron chi connectivity index (χ2n) is 15.1. The van der Waals surface area contributed by atoms with Gasteiger partial charge in [0.1, 0.15) is 28.7 Å². The van der Waals surface area contributed by atoms with Crippen LogP contribution in [0.25, 0.3) is 44.9 Å². The molecular weight excluding hydrogens is 731 g/mol. The third kappa shape index (κ3) is 4.47. The Morgan fingerprint density at radius 1 is 1.00 bits per heavy atom. The molecule has 4 aliphatic rings. The van der Waals surface area contributed by atoms with Crippen molar-refractivity contribution in [1.82, 2.24) is 25.6 Å². The quantitative estimate of drug-likeness (QED) is 0.147. The zero-order chi connectivity index (χ0) is 37.4. The van der Waals surface area contributed by atoms with Gasteiger partial charge >= 0.3 is 0 Å². The topological polar surface area (TPSA) is 171 Å². The number of hydrogen-bond donors (Lipinski definition) is 4. The van der Waals surface area contributed by atoms with Crippen LogP contribution in [-0.2, 0) is 21.4 Å². The van der Waals surface area contributed by atoms with Crippen LogP contribution in [0.3, 0.4) is 0 Å². The Balaban J connectivity index is 1.30. The fourth-order valence-corrected chi connectivity index (χ4v) is 8.84. The third-order valence-corrected chi connectivity index (χ3v) is 11.7. The smallest absolute Gasteiger partial charge is 0.262 e. The number of H-pyrrole nitrogens is 1. The van der Waals surface area contributed by atoms with Crippen LogP contribution in [0.15, 0.2) is 63.4 Å². The first-order chi connectivity index (χ1) is 25.9. The number of halogens is 2. The van der Waals surface area contributed by atoms with Crippen LogP contribution < -0.4 is 25.8 Å². The summed E-state index contributed by atoms with van der Waals surface area (Å²) in [6.45, 7) is 7.61. The van der Waals surface area contributed by atoms with Gasteiger partial charge < -0.3 is 39.7 Å². The maximum atomic E-state index is 14.2. The molecule has 10 bridgehead atoms. The predicted octanol–water partition coefficient (Wildman–Crippen LogP) is 7.05. The van der Waals surface area contributed by atoms with Gasteiger partial charge in [-0.1, -0.05) is 93.4 Å². The minimum Gasteiger partial charge on any atom is -0.453 e. The number of benzene rings is 3. The number of nitrogens with zero attached hydrogens (tertiary/aromatic N) is 2. The Morgan fingerprint density at radius 3 is 2.59 bits per heavy atom. The molecule has 2 amide bonds. The van der Waals surface area contributed by atoms with Gasteiger partial charge in [0.05, 0.1) is 11.6 Å². The molecule has 5 atom stereocenters. The van der Waals surface area contributed by atoms with Crippen molar-refractivity contribution in [2.45, 2.75) is 63.9 Å². The highest BCUT2D eigenvalue weighted by Crippen LogP contribution is 2.63. The summed E-state index contributed by atoms with van der Waals surface area (Å²) in [4.78, 5) is 40.6. The van der Waals surface area contributed by atoms with E-state index in [1.807, 2.05) is 82.3 Å². The van der Waals surface area contributed by atoms with E-state index in [4.69, 9.17) is 57.2 Å². The Kier molecular flexibility index (Phi) is 7.15. The molecule has 0 saturated carbocycles. The molecule has 3 aromatic heterocycles. The molecule has 12 nitrogen and oxygen atoms in total. The van der Waals surface area contributed by atoms with Crippen molar-refractivity contribution in [2.75, 3.05) is 0 Å². The molecule has 54 heavy (non-hydrogen) atoms. The molecule has 5 N–H and O–H groups in total. The second-order valence-corrected chi connectivity index (χ2v) is 15.8. The number of carbonyl (C=O) groups excluding carboxylic acids is 2. The fraction of sp³-hybridized carbons (Fsp3) is 0.300. The van der Waals surface area contributed by atoms with E-state index in [2.05, 4.69) is 15.6 Å². The van der Waals surface area contributed by atoms with Crippen molar-refractivity contribution >= 4 is 45.9 Å². The number of carbonyl (C=O) groups is 2. The molecule has 0 radical (unpaired) electrons. The summed E-state index contributed by atoms with van der Waals surface area (Å²) in [7, 11) is 0. The van der Waals surface area contributed by atoms with Gasteiger partial charge in [0.25, 0.3) is 12.2 Å². The van der Waals surface area contributed by atoms with Crippen LogP contribution in [-0.4, -0.2) is 45.1 Å². The standard InChI is InChI=1S/C40H34Cl2N6O6/c1-15(2)27(43)36(50)45-23-14-17-11-12-24-21(13-17)40-20-9-5-8-19(30(20)53-39(40)51-24)18-7-6-10-22-25(18)26(33(41)44-22)31-34(42)48-38(52-31)29-32(40)54-37(47-29)28(16(3)4)46-35(23)49/h5-13,15-16,23,27-28,39,44H,14,43H2,1-4H3,(H,45,50)(H,46,49)/t23-,27?,28-,39?,40?/m0/s1. The normalized spacial score (nSPS) is 22.2. The maximum absolute atomic E-state index is 14.2. The van der Waals surface area contributed by atoms with E-state index in [0.29, 0.717) is 28.0 Å². The SMILES string of the molecule is CC(C)C(N)C(=O)N[C@H]1Cc2ccc3c(c2)C24c5cccc(c5OC2O3)-c2cccc3[nH]c(Cl)c(c23)-c2oc(nc2Cl)-c2nc(oc24)[C@H](C(C)C)NC1=O. The number of aromatic amines is 1. The van der Waals surface area contributed by atoms with Gasteiger partial charge in [-0.25, -0.2) is 4.98 Å². The van der Waals surface area contributed by atoms with Gasteiger partial charge in [-0.15, -0.1) is 0 Å². The number of hydrogen-bond acceptors (Lipinski definition) is 9. The van der Waals surface area contributed by atoms with Crippen molar-refractivity contribution in [3.05, 3.63) is 93.2 Å². The summed E-state index contributed by atoms with van der Waals surface area (Å²) in [6, 6.07) is 15.1. The predicted molar refractivity (Wildman–Crippen MR) is 200 cm³/mol. The van der Waals surface area contributed by atoms with E-state index in [-0.39, 0.29) is 46.6 Å². The summed E-state index contributed by atoms with van der Waals surface area (Å²) in [5.41, 5.74) is 10.5. The van der Waals surface area contributed by atoms with Crippen LogP contribution in [0.4, 0.5) is 0 Å². The zero-order valence-corrected chi connectivity index (χ0v) is 31.1. The average Bonchev–Trinajstić information content (AvgIpc) is 3.94. The fourth-order valence-electron chi connectivity index (χ4n) is 8.35. The third-order valence-electron chi connectivity index (χ3n) is 11.1. The molecule has 6 aromatic rings. The highest BCUT2D eigenvalue weighted by molar-refractivity contribution is 6.37. The highest BCUT2D eigenvalue weighted by Gasteiger charge is 2.63. The molecule has 10 rings (SSSR count). The minimum atomic E-state index is -1.23. The van der Waals surface area contributed by atoms with Crippen molar-refractivity contribution in [3.8, 4) is 45.5 Å². The van der Waals surface area contributed by atoms with E-state index >= 15 is 0 Å². The average molecular weight is 766 g/mol. The molecule has 1 spiro atoms. The van der Waals surface area contributed by atoms with Crippen molar-refractivity contribution < 1.29 is 27.9 Å². The number of aromatic nitrogens is 3. The lowest BCUT2D eigenvalue weighted by Gasteiger charge is -2.28. The largest absolute Gasteiger partial charge is 0.453 e. The first kappa shape index (κ1) is 33.3. The summed E-state index contributed by atoms with van der Waals surface area (Å²) in [6.07, 6.45) is -0.765. The lowest BCUT2D eigenvalue weighted by Crippen LogP contribution is -2.54. The Morgan fingerprint density at radius 2 is 1.80 bits per heavy atom. The highest BCUT2D eigenvalue weighted by atomic mass is 35.5. The van der Waals surface area contributed by atoms with E-state index < -0.39 is 41.6 Å². The summed E-state index contributed by atoms with van der Waals surface area (Å²) in [5.74, 6) is 0.867. The molecule has 3 aromatic carbocycles. The number of nitrogens with two attached hydrogens (primary N) is 1. The number of ether oxygens (including phenoxy) is 2. The van der Waals surface area contributed by atoms with Gasteiger partial charge in [-0.2, -0.15) is 4.98 Å². The monoisotopic (exact) mass is 764 g/mol. The van der Waals surface area contributed by atoms with Crippen LogP contribution in [0.5, 0.6) is 11.5 Å². The van der Waals surface area contributed by atoms with Gasteiger partial charge in [0.15, 0.2) is 27.8 Å². The van der Waals surface area contributed by atoms with Crippen molar-refractivity contribution in [1.29, 1.82) is 0 Å². The van der Waals surface area contributed by atoms with E-state index in [0.717, 1.165) is 38.7 Å². The van der Waals surface area contributed by atoms with Gasteiger partial charge in [0.2, 0.25) is 17.7 Å². The maximum Gasteiger partial charge on any atom is 0.262 e. The van der Waals surface area contributed by atoms with E-state index in [9.17, 15) is 9.59 Å². The van der Waals surface area contributed by atoms with Gasteiger partial charge in [0, 0.05) is 34.0 Å². The molecule has 7 heterocycles. The summed E-state index contributed by atoms with van der Waals surface area (Å²) < 4.78 is 27.2. The van der Waals surface area contributed by atoms with Crippen LogP contribution in [0, 0.1) is 11.8 Å². The Bertz CT molecular complexity index is 2590. The second kappa shape index (κ2) is 11.6. The zero-order valence-electron chi connectivity index (χ0n) is 29.5. The Labute approximate surface area is 318 Å². The first-order valence-electron chi connectivity index (χ1n) is 17.9. The first-order valence-corrected chi connectivity index (χ1v) is 18.7. The minimum absolute atomic E-state index is 0.0818. The Hall–Kier alpha value is -5.30. The molecule has 3 unspecified atom stereocenters. The lowest BCUT2D eigenvalue weighted by molar-refractivity contribution is -0.130. The van der Waals surface area contributed by atoms with Crippen LogP contribution in [0.2, 0.25) is 10.3 Å². The van der Waals surface area contributed by atoms with Crippen molar-refractivity contribution in [3.63, 3.8) is 0 Å². The molecule has 4 aliphatic heterocycles. The number of para-hydroxylation sites is 1. The number of rotatable bonds is 4. The van der Waals surface area contributed by atoms with Crippen LogP contribution in [0.1, 0.15) is 62.1 Å². The van der Waals surface area contributed by atoms with Gasteiger partial charge in [-0.3, -0.25) is 9.59 Å². The number of fused-ring (bicyclic) bond motifs is 7.